The van der Waals surface area contributed by atoms with E-state index in [0.29, 0.717) is 19.3 Å². The summed E-state index contributed by atoms with van der Waals surface area (Å²) in [5.74, 6) is -0.460. The molecule has 1 N–H and O–H groups in total. The van der Waals surface area contributed by atoms with Gasteiger partial charge in [0.2, 0.25) is 6.41 Å². The lowest BCUT2D eigenvalue weighted by molar-refractivity contribution is -0.187. The molecule has 1 aliphatic rings. The Morgan fingerprint density at radius 3 is 2.06 bits per heavy atom. The second kappa shape index (κ2) is 17.0. The van der Waals surface area contributed by atoms with E-state index in [0.717, 1.165) is 19.3 Å². The quantitative estimate of drug-likeness (QED) is 0.145. The number of cyclic esters (lactones) is 1. The highest BCUT2D eigenvalue weighted by Crippen LogP contribution is 2.28. The van der Waals surface area contributed by atoms with Crippen LogP contribution in [0.5, 0.6) is 0 Å². The third-order valence-electron chi connectivity index (χ3n) is 6.37. The van der Waals surface area contributed by atoms with Gasteiger partial charge in [-0.15, -0.1) is 0 Å². The Bertz CT molecular complexity index is 536. The molecule has 0 aromatic heterocycles. The summed E-state index contributed by atoms with van der Waals surface area (Å²) in [5, 5.41) is 2.59. The normalized spacial score (nSPS) is 19.7. The molecule has 0 aromatic rings. The van der Waals surface area contributed by atoms with Crippen LogP contribution in [0.4, 0.5) is 0 Å². The van der Waals surface area contributed by atoms with Gasteiger partial charge < -0.3 is 14.8 Å². The molecule has 1 saturated heterocycles. The minimum Gasteiger partial charge on any atom is -0.461 e. The highest BCUT2D eigenvalue weighted by Gasteiger charge is 2.40. The van der Waals surface area contributed by atoms with Crippen molar-refractivity contribution in [2.75, 3.05) is 0 Å². The van der Waals surface area contributed by atoms with Crippen LogP contribution in [0.25, 0.3) is 0 Å². The summed E-state index contributed by atoms with van der Waals surface area (Å²) in [6.07, 6.45) is 15.8. The molecule has 0 radical (unpaired) electrons. The second-order valence-electron chi connectivity index (χ2n) is 9.85. The van der Waals surface area contributed by atoms with Crippen molar-refractivity contribution in [2.24, 2.45) is 11.8 Å². The van der Waals surface area contributed by atoms with Gasteiger partial charge in [-0.3, -0.25) is 9.59 Å². The third kappa shape index (κ3) is 11.9. The lowest BCUT2D eigenvalue weighted by Gasteiger charge is -2.35. The average molecular weight is 454 g/mol. The van der Waals surface area contributed by atoms with Crippen molar-refractivity contribution in [2.45, 2.75) is 136 Å². The van der Waals surface area contributed by atoms with E-state index in [1.165, 1.54) is 57.8 Å². The number of amides is 1. The number of ether oxygens (including phenoxy) is 2. The van der Waals surface area contributed by atoms with Gasteiger partial charge in [0.1, 0.15) is 18.2 Å². The fourth-order valence-electron chi connectivity index (χ4n) is 4.24. The SMILES string of the molecule is CCCCCCCCCCCCC[C@@H](C[C@H]1OC(=O)[C@@H]1C)OC(=O)[C@H](CC(C)C)NC=O. The molecule has 1 heterocycles. The average Bonchev–Trinajstić information content (AvgIpc) is 2.76. The largest absolute Gasteiger partial charge is 0.461 e. The smallest absolute Gasteiger partial charge is 0.328 e. The molecule has 1 amide bonds. The first-order chi connectivity index (χ1) is 15.4. The molecule has 0 saturated carbocycles. The number of hydrogen-bond acceptors (Lipinski definition) is 5. The molecular formula is C26H47NO5. The van der Waals surface area contributed by atoms with E-state index in [1.54, 1.807) is 0 Å². The van der Waals surface area contributed by atoms with Crippen molar-refractivity contribution in [1.82, 2.24) is 5.32 Å². The highest BCUT2D eigenvalue weighted by atomic mass is 16.6. The lowest BCUT2D eigenvalue weighted by atomic mass is 9.92. The summed E-state index contributed by atoms with van der Waals surface area (Å²) >= 11 is 0. The number of carbonyl (C=O) groups excluding carboxylic acids is 3. The van der Waals surface area contributed by atoms with E-state index in [-0.39, 0.29) is 30.0 Å². The number of unbranched alkanes of at least 4 members (excludes halogenated alkanes) is 10. The minimum atomic E-state index is -0.631. The van der Waals surface area contributed by atoms with Crippen molar-refractivity contribution in [3.63, 3.8) is 0 Å². The Kier molecular flexibility index (Phi) is 15.1. The van der Waals surface area contributed by atoms with Crippen molar-refractivity contribution in [1.29, 1.82) is 0 Å². The molecule has 0 aliphatic carbocycles. The number of hydrogen-bond donors (Lipinski definition) is 1. The Morgan fingerprint density at radius 2 is 1.59 bits per heavy atom. The maximum atomic E-state index is 12.7. The fraction of sp³-hybridized carbons (Fsp3) is 0.885. The summed E-state index contributed by atoms with van der Waals surface area (Å²) in [6, 6.07) is -0.631. The van der Waals surface area contributed by atoms with Crippen molar-refractivity contribution in [3.8, 4) is 0 Å². The Balaban J connectivity index is 2.37. The van der Waals surface area contributed by atoms with Crippen LogP contribution in [0.3, 0.4) is 0 Å². The molecule has 4 atom stereocenters. The topological polar surface area (TPSA) is 81.7 Å². The van der Waals surface area contributed by atoms with E-state index in [9.17, 15) is 14.4 Å². The first kappa shape index (κ1) is 28.4. The first-order valence-electron chi connectivity index (χ1n) is 13.0. The van der Waals surface area contributed by atoms with E-state index >= 15 is 0 Å². The van der Waals surface area contributed by atoms with Crippen LogP contribution in [0.2, 0.25) is 0 Å². The van der Waals surface area contributed by atoms with Gasteiger partial charge in [-0.2, -0.15) is 0 Å². The summed E-state index contributed by atoms with van der Waals surface area (Å²) in [7, 11) is 0. The molecule has 0 aromatic carbocycles. The lowest BCUT2D eigenvalue weighted by Crippen LogP contribution is -2.46. The van der Waals surface area contributed by atoms with Gasteiger partial charge >= 0.3 is 11.9 Å². The van der Waals surface area contributed by atoms with Crippen LogP contribution in [-0.2, 0) is 23.9 Å². The minimum absolute atomic E-state index is 0.145. The first-order valence-corrected chi connectivity index (χ1v) is 13.0. The van der Waals surface area contributed by atoms with E-state index in [2.05, 4.69) is 12.2 Å². The van der Waals surface area contributed by atoms with Crippen LogP contribution in [-0.4, -0.2) is 36.6 Å². The Hall–Kier alpha value is -1.59. The summed E-state index contributed by atoms with van der Waals surface area (Å²) in [4.78, 5) is 35.0. The molecule has 32 heavy (non-hydrogen) atoms. The van der Waals surface area contributed by atoms with Gasteiger partial charge in [-0.25, -0.2) is 4.79 Å². The van der Waals surface area contributed by atoms with Crippen molar-refractivity contribution >= 4 is 18.3 Å². The molecule has 6 nitrogen and oxygen atoms in total. The van der Waals surface area contributed by atoms with Crippen molar-refractivity contribution in [3.05, 3.63) is 0 Å². The summed E-state index contributed by atoms with van der Waals surface area (Å²) in [5.41, 5.74) is 0. The van der Waals surface area contributed by atoms with Crippen LogP contribution >= 0.6 is 0 Å². The van der Waals surface area contributed by atoms with Gasteiger partial charge in [0.25, 0.3) is 0 Å². The summed E-state index contributed by atoms with van der Waals surface area (Å²) < 4.78 is 11.0. The molecule has 0 bridgehead atoms. The molecule has 6 heteroatoms. The zero-order valence-corrected chi connectivity index (χ0v) is 20.9. The fourth-order valence-corrected chi connectivity index (χ4v) is 4.24. The van der Waals surface area contributed by atoms with Crippen LogP contribution in [0, 0.1) is 11.8 Å². The molecule has 186 valence electrons. The molecule has 0 unspecified atom stereocenters. The van der Waals surface area contributed by atoms with Crippen molar-refractivity contribution < 1.29 is 23.9 Å². The zero-order valence-electron chi connectivity index (χ0n) is 20.9. The standard InChI is InChI=1S/C26H47NO5/c1-5-6-7-8-9-10-11-12-13-14-15-16-22(18-24-21(4)25(29)32-24)31-26(30)23(27-19-28)17-20(2)3/h19-24H,5-18H2,1-4H3,(H,27,28)/t21-,22+,23+,24-/m1/s1. The monoisotopic (exact) mass is 453 g/mol. The number of carbonyl (C=O) groups is 3. The van der Waals surface area contributed by atoms with Gasteiger partial charge in [0.05, 0.1) is 5.92 Å². The predicted octanol–water partition coefficient (Wildman–Crippen LogP) is 5.71. The van der Waals surface area contributed by atoms with Gasteiger partial charge in [-0.05, 0) is 32.1 Å². The third-order valence-corrected chi connectivity index (χ3v) is 6.37. The second-order valence-corrected chi connectivity index (χ2v) is 9.85. The number of rotatable bonds is 20. The van der Waals surface area contributed by atoms with Crippen LogP contribution in [0.15, 0.2) is 0 Å². The molecule has 1 fully saturated rings. The van der Waals surface area contributed by atoms with Crippen LogP contribution in [0.1, 0.15) is 118 Å². The molecule has 1 aliphatic heterocycles. The Labute approximate surface area is 195 Å². The maximum Gasteiger partial charge on any atom is 0.328 e. The number of nitrogens with one attached hydrogen (secondary N) is 1. The van der Waals surface area contributed by atoms with Crippen LogP contribution < -0.4 is 5.32 Å². The Morgan fingerprint density at radius 1 is 1.03 bits per heavy atom. The summed E-state index contributed by atoms with van der Waals surface area (Å²) in [6.45, 7) is 8.11. The maximum absolute atomic E-state index is 12.7. The zero-order chi connectivity index (χ0) is 23.8. The van der Waals surface area contributed by atoms with Gasteiger partial charge in [-0.1, -0.05) is 85.0 Å². The predicted molar refractivity (Wildman–Crippen MR) is 127 cm³/mol. The number of esters is 2. The molecule has 0 spiro atoms. The molecule has 1 rings (SSSR count). The van der Waals surface area contributed by atoms with E-state index in [4.69, 9.17) is 9.47 Å². The van der Waals surface area contributed by atoms with E-state index in [1.807, 2.05) is 20.8 Å². The van der Waals surface area contributed by atoms with E-state index < -0.39 is 12.0 Å². The van der Waals surface area contributed by atoms with Gasteiger partial charge in [0, 0.05) is 6.42 Å². The highest BCUT2D eigenvalue weighted by molar-refractivity contribution is 5.79. The molecular weight excluding hydrogens is 406 g/mol. The van der Waals surface area contributed by atoms with Gasteiger partial charge in [0.15, 0.2) is 0 Å².